The molecule has 0 unspecified atom stereocenters. The SMILES string of the molecule is CCCOc1ccc(C(=O)CCC(=O)N2CCNC[C@H]2C)cc1. The number of nitrogens with one attached hydrogen (secondary N) is 1. The largest absolute Gasteiger partial charge is 0.494 e. The number of ether oxygens (including phenoxy) is 1. The molecule has 0 aromatic heterocycles. The molecule has 1 amide bonds. The van der Waals surface area contributed by atoms with Gasteiger partial charge >= 0.3 is 0 Å². The average Bonchev–Trinajstić information content (AvgIpc) is 2.58. The van der Waals surface area contributed by atoms with Gasteiger partial charge in [-0.1, -0.05) is 6.92 Å². The maximum absolute atomic E-state index is 12.2. The van der Waals surface area contributed by atoms with Gasteiger partial charge in [-0.3, -0.25) is 9.59 Å². The maximum atomic E-state index is 12.2. The number of nitrogens with zero attached hydrogens (tertiary/aromatic N) is 1. The van der Waals surface area contributed by atoms with Crippen LogP contribution in [0.2, 0.25) is 0 Å². The summed E-state index contributed by atoms with van der Waals surface area (Å²) in [5.41, 5.74) is 0.634. The van der Waals surface area contributed by atoms with E-state index in [4.69, 9.17) is 4.74 Å². The summed E-state index contributed by atoms with van der Waals surface area (Å²) in [5.74, 6) is 0.840. The Balaban J connectivity index is 1.83. The lowest BCUT2D eigenvalue weighted by atomic mass is 10.1. The van der Waals surface area contributed by atoms with Crippen LogP contribution in [0.15, 0.2) is 24.3 Å². The molecule has 1 fully saturated rings. The Morgan fingerprint density at radius 3 is 2.65 bits per heavy atom. The molecule has 5 heteroatoms. The third kappa shape index (κ3) is 5.06. The zero-order valence-electron chi connectivity index (χ0n) is 14.0. The molecule has 1 heterocycles. The highest BCUT2D eigenvalue weighted by atomic mass is 16.5. The topological polar surface area (TPSA) is 58.6 Å². The van der Waals surface area contributed by atoms with Gasteiger partial charge in [-0.25, -0.2) is 0 Å². The highest BCUT2D eigenvalue weighted by molar-refractivity contribution is 5.98. The van der Waals surface area contributed by atoms with Crippen molar-refractivity contribution in [3.05, 3.63) is 29.8 Å². The Kier molecular flexibility index (Phi) is 6.59. The fourth-order valence-corrected chi connectivity index (χ4v) is 2.68. The molecule has 0 aliphatic carbocycles. The van der Waals surface area contributed by atoms with E-state index in [1.165, 1.54) is 0 Å². The molecule has 0 spiro atoms. The van der Waals surface area contributed by atoms with Crippen molar-refractivity contribution in [2.45, 2.75) is 39.2 Å². The first kappa shape index (κ1) is 17.5. The number of carbonyl (C=O) groups excluding carboxylic acids is 2. The first-order valence-electron chi connectivity index (χ1n) is 8.38. The molecule has 1 aliphatic heterocycles. The summed E-state index contributed by atoms with van der Waals surface area (Å²) < 4.78 is 5.50. The summed E-state index contributed by atoms with van der Waals surface area (Å²) >= 11 is 0. The first-order chi connectivity index (χ1) is 11.1. The van der Waals surface area contributed by atoms with Crippen LogP contribution >= 0.6 is 0 Å². The number of carbonyl (C=O) groups is 2. The molecule has 1 aromatic rings. The summed E-state index contributed by atoms with van der Waals surface area (Å²) in [6, 6.07) is 7.35. The fourth-order valence-electron chi connectivity index (χ4n) is 2.68. The van der Waals surface area contributed by atoms with Gasteiger partial charge in [0.15, 0.2) is 5.78 Å². The molecule has 1 aliphatic rings. The lowest BCUT2D eigenvalue weighted by Gasteiger charge is -2.34. The van der Waals surface area contributed by atoms with Gasteiger partial charge in [0.05, 0.1) is 6.61 Å². The Labute approximate surface area is 138 Å². The zero-order chi connectivity index (χ0) is 16.7. The van der Waals surface area contributed by atoms with E-state index in [9.17, 15) is 9.59 Å². The minimum absolute atomic E-state index is 0.00294. The predicted octanol–water partition coefficient (Wildman–Crippen LogP) is 2.26. The molecule has 1 aromatic carbocycles. The standard InChI is InChI=1S/C18H26N2O3/c1-3-12-23-16-6-4-15(5-7-16)17(21)8-9-18(22)20-11-10-19-13-14(20)2/h4-7,14,19H,3,8-13H2,1-2H3/t14-/m1/s1. The zero-order valence-corrected chi connectivity index (χ0v) is 14.0. The van der Waals surface area contributed by atoms with E-state index >= 15 is 0 Å². The van der Waals surface area contributed by atoms with Crippen molar-refractivity contribution in [2.24, 2.45) is 0 Å². The fraction of sp³-hybridized carbons (Fsp3) is 0.556. The summed E-state index contributed by atoms with van der Waals surface area (Å²) in [7, 11) is 0. The van der Waals surface area contributed by atoms with E-state index in [1.807, 2.05) is 30.9 Å². The van der Waals surface area contributed by atoms with E-state index in [1.54, 1.807) is 12.1 Å². The van der Waals surface area contributed by atoms with Gasteiger partial charge in [-0.2, -0.15) is 0 Å². The number of benzene rings is 1. The molecule has 1 N–H and O–H groups in total. The van der Waals surface area contributed by atoms with Crippen LogP contribution in [0, 0.1) is 0 Å². The van der Waals surface area contributed by atoms with Crippen molar-refractivity contribution in [1.29, 1.82) is 0 Å². The summed E-state index contributed by atoms with van der Waals surface area (Å²) in [4.78, 5) is 26.3. The molecule has 0 saturated carbocycles. The van der Waals surface area contributed by atoms with E-state index in [-0.39, 0.29) is 30.6 Å². The number of piperazine rings is 1. The monoisotopic (exact) mass is 318 g/mol. The Morgan fingerprint density at radius 1 is 1.26 bits per heavy atom. The van der Waals surface area contributed by atoms with E-state index < -0.39 is 0 Å². The number of Topliss-reactive ketones (excluding diaryl/α,β-unsaturated/α-hetero) is 1. The molecule has 2 rings (SSSR count). The number of rotatable bonds is 7. The quantitative estimate of drug-likeness (QED) is 0.784. The molecule has 1 saturated heterocycles. The van der Waals surface area contributed by atoms with Crippen LogP contribution in [0.1, 0.15) is 43.5 Å². The van der Waals surface area contributed by atoms with Gasteiger partial charge in [0, 0.05) is 44.1 Å². The van der Waals surface area contributed by atoms with E-state index in [2.05, 4.69) is 5.32 Å². The van der Waals surface area contributed by atoms with Crippen LogP contribution in [0.5, 0.6) is 5.75 Å². The molecule has 23 heavy (non-hydrogen) atoms. The van der Waals surface area contributed by atoms with Crippen molar-refractivity contribution in [3.63, 3.8) is 0 Å². The number of hydrogen-bond acceptors (Lipinski definition) is 4. The van der Waals surface area contributed by atoms with Crippen molar-refractivity contribution in [2.75, 3.05) is 26.2 Å². The smallest absolute Gasteiger partial charge is 0.223 e. The molecule has 126 valence electrons. The van der Waals surface area contributed by atoms with Gasteiger partial charge < -0.3 is 15.0 Å². The van der Waals surface area contributed by atoms with Gasteiger partial charge in [0.1, 0.15) is 5.75 Å². The second-order valence-electron chi connectivity index (χ2n) is 5.94. The van der Waals surface area contributed by atoms with E-state index in [0.717, 1.165) is 31.8 Å². The summed E-state index contributed by atoms with van der Waals surface area (Å²) in [6.45, 7) is 7.11. The van der Waals surface area contributed by atoms with Crippen LogP contribution in [0.4, 0.5) is 0 Å². The minimum Gasteiger partial charge on any atom is -0.494 e. The maximum Gasteiger partial charge on any atom is 0.223 e. The number of amides is 1. The van der Waals surface area contributed by atoms with Gasteiger partial charge in [-0.05, 0) is 37.6 Å². The van der Waals surface area contributed by atoms with Crippen LogP contribution in [0.3, 0.4) is 0 Å². The number of ketones is 1. The third-order valence-corrected chi connectivity index (χ3v) is 4.04. The van der Waals surface area contributed by atoms with Crippen LogP contribution in [0.25, 0.3) is 0 Å². The summed E-state index contributed by atoms with van der Waals surface area (Å²) in [5, 5.41) is 3.26. The second-order valence-corrected chi connectivity index (χ2v) is 5.94. The second kappa shape index (κ2) is 8.67. The van der Waals surface area contributed by atoms with Crippen LogP contribution in [-0.2, 0) is 4.79 Å². The van der Waals surface area contributed by atoms with Crippen LogP contribution < -0.4 is 10.1 Å². The Morgan fingerprint density at radius 2 is 2.00 bits per heavy atom. The molecule has 0 radical (unpaired) electrons. The molecular weight excluding hydrogens is 292 g/mol. The van der Waals surface area contributed by atoms with Crippen LogP contribution in [-0.4, -0.2) is 48.9 Å². The lowest BCUT2D eigenvalue weighted by molar-refractivity contribution is -0.133. The molecule has 1 atom stereocenters. The highest BCUT2D eigenvalue weighted by Gasteiger charge is 2.23. The summed E-state index contributed by atoms with van der Waals surface area (Å²) in [6.07, 6.45) is 1.48. The Bertz CT molecular complexity index is 528. The Hall–Kier alpha value is -1.88. The third-order valence-electron chi connectivity index (χ3n) is 4.04. The first-order valence-corrected chi connectivity index (χ1v) is 8.38. The average molecular weight is 318 g/mol. The van der Waals surface area contributed by atoms with Gasteiger partial charge in [-0.15, -0.1) is 0 Å². The minimum atomic E-state index is 0.00294. The van der Waals surface area contributed by atoms with E-state index in [0.29, 0.717) is 12.2 Å². The van der Waals surface area contributed by atoms with Crippen molar-refractivity contribution in [1.82, 2.24) is 10.2 Å². The predicted molar refractivity (Wildman–Crippen MR) is 89.8 cm³/mol. The normalized spacial score (nSPS) is 17.8. The molecule has 5 nitrogen and oxygen atoms in total. The van der Waals surface area contributed by atoms with Gasteiger partial charge in [0.25, 0.3) is 0 Å². The van der Waals surface area contributed by atoms with Gasteiger partial charge in [0.2, 0.25) is 5.91 Å². The van der Waals surface area contributed by atoms with Crippen molar-refractivity contribution in [3.8, 4) is 5.75 Å². The molecule has 0 bridgehead atoms. The highest BCUT2D eigenvalue weighted by Crippen LogP contribution is 2.15. The van der Waals surface area contributed by atoms with Crippen molar-refractivity contribution >= 4 is 11.7 Å². The number of hydrogen-bond donors (Lipinski definition) is 1. The molecular formula is C18H26N2O3. The lowest BCUT2D eigenvalue weighted by Crippen LogP contribution is -2.52. The van der Waals surface area contributed by atoms with Crippen molar-refractivity contribution < 1.29 is 14.3 Å².